The van der Waals surface area contributed by atoms with Crippen molar-refractivity contribution in [2.45, 2.75) is 0 Å². The van der Waals surface area contributed by atoms with Crippen LogP contribution < -0.4 is 5.32 Å². The first kappa shape index (κ1) is 10.6. The highest BCUT2D eigenvalue weighted by atomic mass is 16.3. The Labute approximate surface area is 93.3 Å². The average Bonchev–Trinajstić information content (AvgIpc) is 2.83. The van der Waals surface area contributed by atoms with Gasteiger partial charge in [-0.3, -0.25) is 4.79 Å². The molecule has 1 aromatic carbocycles. The Morgan fingerprint density at radius 1 is 1.50 bits per heavy atom. The first-order chi connectivity index (χ1) is 7.81. The monoisotopic (exact) mass is 216 g/mol. The van der Waals surface area contributed by atoms with Gasteiger partial charge >= 0.3 is 0 Å². The van der Waals surface area contributed by atoms with Crippen molar-refractivity contribution in [3.63, 3.8) is 0 Å². The molecule has 0 amide bonds. The minimum absolute atomic E-state index is 0.0518. The molecule has 0 saturated heterocycles. The summed E-state index contributed by atoms with van der Waals surface area (Å²) in [6.45, 7) is 0.328. The van der Waals surface area contributed by atoms with Crippen LogP contribution in [0.15, 0.2) is 41.1 Å². The highest BCUT2D eigenvalue weighted by molar-refractivity contribution is 5.98. The smallest absolute Gasteiger partial charge is 0.225 e. The molecule has 2 rings (SSSR count). The molecular formula is C12H12N2O2. The van der Waals surface area contributed by atoms with Crippen LogP contribution in [-0.4, -0.2) is 24.4 Å². The third-order valence-corrected chi connectivity index (χ3v) is 2.20. The summed E-state index contributed by atoms with van der Waals surface area (Å²) in [6.07, 6.45) is 3.09. The van der Waals surface area contributed by atoms with Gasteiger partial charge in [-0.2, -0.15) is 0 Å². The van der Waals surface area contributed by atoms with Gasteiger partial charge < -0.3 is 9.73 Å². The normalized spacial score (nSPS) is 10.3. The maximum absolute atomic E-state index is 11.7. The number of Topliss-reactive ketones (excluding diaryl/α,β-unsaturated/α-hetero) is 1. The second-order valence-electron chi connectivity index (χ2n) is 3.37. The molecule has 2 aromatic rings. The molecule has 0 atom stereocenters. The molecule has 16 heavy (non-hydrogen) atoms. The molecule has 0 aliphatic carbocycles. The Balaban J connectivity index is 2.30. The van der Waals surface area contributed by atoms with Crippen molar-refractivity contribution >= 4 is 5.78 Å². The van der Waals surface area contributed by atoms with Crippen LogP contribution in [0.5, 0.6) is 0 Å². The summed E-state index contributed by atoms with van der Waals surface area (Å²) in [5.41, 5.74) is 1.47. The molecule has 0 fully saturated rings. The van der Waals surface area contributed by atoms with E-state index >= 15 is 0 Å². The molecule has 1 aromatic heterocycles. The Morgan fingerprint density at radius 2 is 2.38 bits per heavy atom. The maximum Gasteiger partial charge on any atom is 0.225 e. The van der Waals surface area contributed by atoms with Crippen LogP contribution in [0.3, 0.4) is 0 Å². The molecule has 4 nitrogen and oxygen atoms in total. The molecule has 0 radical (unpaired) electrons. The SMILES string of the molecule is CNCC(=O)c1cccc(-c2ncco2)c1. The van der Waals surface area contributed by atoms with Crippen LogP contribution in [0, 0.1) is 0 Å². The quantitative estimate of drug-likeness (QED) is 0.791. The highest BCUT2D eigenvalue weighted by Crippen LogP contribution is 2.18. The Hall–Kier alpha value is -1.94. The van der Waals surface area contributed by atoms with Gasteiger partial charge in [-0.05, 0) is 19.2 Å². The van der Waals surface area contributed by atoms with E-state index in [0.717, 1.165) is 5.56 Å². The van der Waals surface area contributed by atoms with E-state index < -0.39 is 0 Å². The maximum atomic E-state index is 11.7. The number of nitrogens with zero attached hydrogens (tertiary/aromatic N) is 1. The van der Waals surface area contributed by atoms with E-state index in [9.17, 15) is 4.79 Å². The van der Waals surface area contributed by atoms with Gasteiger partial charge in [0, 0.05) is 11.1 Å². The van der Waals surface area contributed by atoms with Gasteiger partial charge in [-0.1, -0.05) is 12.1 Å². The Bertz CT molecular complexity index is 478. The van der Waals surface area contributed by atoms with E-state index in [4.69, 9.17) is 4.42 Å². The van der Waals surface area contributed by atoms with Crippen LogP contribution in [0.25, 0.3) is 11.5 Å². The van der Waals surface area contributed by atoms with E-state index in [0.29, 0.717) is 18.0 Å². The van der Waals surface area contributed by atoms with Crippen molar-refractivity contribution in [3.05, 3.63) is 42.3 Å². The lowest BCUT2D eigenvalue weighted by molar-refractivity contribution is 0.0993. The van der Waals surface area contributed by atoms with Crippen molar-refractivity contribution in [2.75, 3.05) is 13.6 Å². The summed E-state index contributed by atoms with van der Waals surface area (Å²) >= 11 is 0. The van der Waals surface area contributed by atoms with E-state index in [-0.39, 0.29) is 5.78 Å². The number of carbonyl (C=O) groups excluding carboxylic acids is 1. The molecule has 1 heterocycles. The first-order valence-electron chi connectivity index (χ1n) is 4.99. The van der Waals surface area contributed by atoms with Gasteiger partial charge in [0.1, 0.15) is 6.26 Å². The topological polar surface area (TPSA) is 55.1 Å². The van der Waals surface area contributed by atoms with E-state index in [2.05, 4.69) is 10.3 Å². The lowest BCUT2D eigenvalue weighted by atomic mass is 10.1. The van der Waals surface area contributed by atoms with Crippen LogP contribution >= 0.6 is 0 Å². The molecule has 0 bridgehead atoms. The highest BCUT2D eigenvalue weighted by Gasteiger charge is 2.07. The zero-order valence-corrected chi connectivity index (χ0v) is 8.93. The second-order valence-corrected chi connectivity index (χ2v) is 3.37. The van der Waals surface area contributed by atoms with Crippen LogP contribution in [-0.2, 0) is 0 Å². The minimum atomic E-state index is 0.0518. The third-order valence-electron chi connectivity index (χ3n) is 2.20. The van der Waals surface area contributed by atoms with E-state index in [1.807, 2.05) is 12.1 Å². The summed E-state index contributed by atoms with van der Waals surface area (Å²) in [6, 6.07) is 7.25. The summed E-state index contributed by atoms with van der Waals surface area (Å²) in [4.78, 5) is 15.7. The number of oxazole rings is 1. The van der Waals surface area contributed by atoms with Crippen molar-refractivity contribution in [3.8, 4) is 11.5 Å². The van der Waals surface area contributed by atoms with Gasteiger partial charge in [-0.15, -0.1) is 0 Å². The molecule has 4 heteroatoms. The number of hydrogen-bond acceptors (Lipinski definition) is 4. The molecular weight excluding hydrogens is 204 g/mol. The number of likely N-dealkylation sites (N-methyl/N-ethyl adjacent to an activating group) is 1. The van der Waals surface area contributed by atoms with Crippen molar-refractivity contribution < 1.29 is 9.21 Å². The molecule has 0 unspecified atom stereocenters. The molecule has 0 aliphatic rings. The fourth-order valence-electron chi connectivity index (χ4n) is 1.45. The van der Waals surface area contributed by atoms with Gasteiger partial charge in [0.15, 0.2) is 5.78 Å². The number of nitrogens with one attached hydrogen (secondary N) is 1. The number of hydrogen-bond donors (Lipinski definition) is 1. The third kappa shape index (κ3) is 2.17. The number of carbonyl (C=O) groups is 1. The lowest BCUT2D eigenvalue weighted by Crippen LogP contribution is -2.18. The van der Waals surface area contributed by atoms with Crippen LogP contribution in [0.1, 0.15) is 10.4 Å². The van der Waals surface area contributed by atoms with Crippen LogP contribution in [0.2, 0.25) is 0 Å². The van der Waals surface area contributed by atoms with E-state index in [1.165, 1.54) is 6.26 Å². The second kappa shape index (κ2) is 4.72. The minimum Gasteiger partial charge on any atom is -0.445 e. The summed E-state index contributed by atoms with van der Waals surface area (Å²) in [7, 11) is 1.75. The van der Waals surface area contributed by atoms with Gasteiger partial charge in [0.25, 0.3) is 0 Å². The van der Waals surface area contributed by atoms with Gasteiger partial charge in [0.2, 0.25) is 5.89 Å². The first-order valence-corrected chi connectivity index (χ1v) is 4.99. The molecule has 0 saturated carbocycles. The number of rotatable bonds is 4. The van der Waals surface area contributed by atoms with Crippen molar-refractivity contribution in [2.24, 2.45) is 0 Å². The van der Waals surface area contributed by atoms with Crippen molar-refractivity contribution in [1.82, 2.24) is 10.3 Å². The molecule has 0 spiro atoms. The molecule has 0 aliphatic heterocycles. The predicted molar refractivity (Wildman–Crippen MR) is 60.2 cm³/mol. The fraction of sp³-hybridized carbons (Fsp3) is 0.167. The number of ketones is 1. The molecule has 82 valence electrons. The standard InChI is InChI=1S/C12H12N2O2/c1-13-8-11(15)9-3-2-4-10(7-9)12-14-5-6-16-12/h2-7,13H,8H2,1H3. The average molecular weight is 216 g/mol. The lowest BCUT2D eigenvalue weighted by Gasteiger charge is -2.01. The zero-order valence-electron chi connectivity index (χ0n) is 8.93. The summed E-state index contributed by atoms with van der Waals surface area (Å²) in [5, 5.41) is 2.83. The number of benzene rings is 1. The van der Waals surface area contributed by atoms with Gasteiger partial charge in [-0.25, -0.2) is 4.98 Å². The van der Waals surface area contributed by atoms with Crippen molar-refractivity contribution in [1.29, 1.82) is 0 Å². The van der Waals surface area contributed by atoms with Crippen LogP contribution in [0.4, 0.5) is 0 Å². The Kier molecular flexibility index (Phi) is 3.12. The summed E-state index contributed by atoms with van der Waals surface area (Å²) in [5.74, 6) is 0.579. The predicted octanol–water partition coefficient (Wildman–Crippen LogP) is 1.74. The zero-order chi connectivity index (χ0) is 11.4. The van der Waals surface area contributed by atoms with Gasteiger partial charge in [0.05, 0.1) is 12.7 Å². The summed E-state index contributed by atoms with van der Waals surface area (Å²) < 4.78 is 5.18. The largest absolute Gasteiger partial charge is 0.445 e. The molecule has 1 N–H and O–H groups in total. The van der Waals surface area contributed by atoms with E-state index in [1.54, 1.807) is 25.4 Å². The number of aromatic nitrogens is 1. The Morgan fingerprint density at radius 3 is 3.06 bits per heavy atom. The fourth-order valence-corrected chi connectivity index (χ4v) is 1.45.